The highest BCUT2D eigenvalue weighted by atomic mass is 32.1. The highest BCUT2D eigenvalue weighted by Gasteiger charge is 2.23. The minimum atomic E-state index is -0.323. The molecular formula is C20H25FN2OS. The average molecular weight is 360 g/mol. The lowest BCUT2D eigenvalue weighted by Crippen LogP contribution is -2.39. The summed E-state index contributed by atoms with van der Waals surface area (Å²) in [4.78, 5) is 16.2. The number of carbonyl (C=O) groups is 1. The minimum Gasteiger partial charge on any atom is -0.308 e. The van der Waals surface area contributed by atoms with Crippen molar-refractivity contribution in [1.82, 2.24) is 10.2 Å². The number of likely N-dealkylation sites (tertiary alicyclic amines) is 1. The Labute approximate surface area is 152 Å². The van der Waals surface area contributed by atoms with Gasteiger partial charge >= 0.3 is 0 Å². The summed E-state index contributed by atoms with van der Waals surface area (Å²) in [5.74, 6) is -0.391. The summed E-state index contributed by atoms with van der Waals surface area (Å²) in [6.07, 6.45) is 3.78. The average Bonchev–Trinajstić information content (AvgIpc) is 3.16. The summed E-state index contributed by atoms with van der Waals surface area (Å²) < 4.78 is 13.6. The molecule has 3 nitrogen and oxygen atoms in total. The summed E-state index contributed by atoms with van der Waals surface area (Å²) in [7, 11) is 0. The van der Waals surface area contributed by atoms with E-state index in [2.05, 4.69) is 27.7 Å². The van der Waals surface area contributed by atoms with Gasteiger partial charge in [0.15, 0.2) is 5.78 Å². The van der Waals surface area contributed by atoms with E-state index in [-0.39, 0.29) is 18.1 Å². The Morgan fingerprint density at radius 1 is 1.28 bits per heavy atom. The van der Waals surface area contributed by atoms with E-state index < -0.39 is 0 Å². The molecule has 1 N–H and O–H groups in total. The van der Waals surface area contributed by atoms with Crippen molar-refractivity contribution in [3.63, 3.8) is 0 Å². The molecule has 1 aromatic heterocycles. The predicted octanol–water partition coefficient (Wildman–Crippen LogP) is 4.20. The summed E-state index contributed by atoms with van der Waals surface area (Å²) >= 11 is 1.77. The van der Waals surface area contributed by atoms with Crippen LogP contribution in [0.15, 0.2) is 35.7 Å². The van der Waals surface area contributed by atoms with Gasteiger partial charge < -0.3 is 5.32 Å². The molecule has 5 heteroatoms. The van der Waals surface area contributed by atoms with E-state index in [1.807, 2.05) is 0 Å². The molecular weight excluding hydrogens is 335 g/mol. The first-order valence-corrected chi connectivity index (χ1v) is 9.80. The standard InChI is InChI=1S/C20H25FN2OS/c1-15-7-8-16(12-17(15)21)19(24)14-22-13-18(20-6-5-11-25-20)23-9-3-2-4-10-23/h5-8,11-12,18,22H,2-4,9-10,13-14H2,1H3. The van der Waals surface area contributed by atoms with Crippen molar-refractivity contribution in [2.24, 2.45) is 0 Å². The lowest BCUT2D eigenvalue weighted by Gasteiger charge is -2.34. The van der Waals surface area contributed by atoms with Crippen molar-refractivity contribution in [2.45, 2.75) is 32.2 Å². The molecule has 0 spiro atoms. The molecule has 134 valence electrons. The Morgan fingerprint density at radius 3 is 2.76 bits per heavy atom. The second-order valence-electron chi connectivity index (χ2n) is 6.65. The molecule has 0 amide bonds. The van der Waals surface area contributed by atoms with Crippen molar-refractivity contribution >= 4 is 17.1 Å². The van der Waals surface area contributed by atoms with Gasteiger partial charge in [-0.3, -0.25) is 9.69 Å². The Bertz CT molecular complexity index is 696. The maximum absolute atomic E-state index is 13.6. The van der Waals surface area contributed by atoms with E-state index in [4.69, 9.17) is 0 Å². The molecule has 1 aliphatic heterocycles. The van der Waals surface area contributed by atoms with Crippen LogP contribution in [-0.4, -0.2) is 36.9 Å². The number of ketones is 1. The van der Waals surface area contributed by atoms with Crippen LogP contribution < -0.4 is 5.32 Å². The number of hydrogen-bond donors (Lipinski definition) is 1. The Kier molecular flexibility index (Phi) is 6.34. The van der Waals surface area contributed by atoms with Crippen molar-refractivity contribution in [1.29, 1.82) is 0 Å². The number of Topliss-reactive ketones (excluding diaryl/α,β-unsaturated/α-hetero) is 1. The van der Waals surface area contributed by atoms with Crippen molar-refractivity contribution in [3.8, 4) is 0 Å². The van der Waals surface area contributed by atoms with E-state index in [1.165, 1.54) is 30.2 Å². The third-order valence-electron chi connectivity index (χ3n) is 4.82. The molecule has 0 bridgehead atoms. The van der Waals surface area contributed by atoms with Gasteiger partial charge in [0.1, 0.15) is 5.82 Å². The number of halogens is 1. The number of piperidine rings is 1. The Morgan fingerprint density at radius 2 is 2.08 bits per heavy atom. The number of carbonyl (C=O) groups excluding carboxylic acids is 1. The topological polar surface area (TPSA) is 32.3 Å². The first kappa shape index (κ1) is 18.2. The SMILES string of the molecule is Cc1ccc(C(=O)CNCC(c2cccs2)N2CCCCC2)cc1F. The molecule has 2 aromatic rings. The fourth-order valence-electron chi connectivity index (χ4n) is 3.31. The van der Waals surface area contributed by atoms with Crippen LogP contribution in [0.1, 0.15) is 46.1 Å². The van der Waals surface area contributed by atoms with Crippen LogP contribution in [0.3, 0.4) is 0 Å². The number of benzene rings is 1. The van der Waals surface area contributed by atoms with Crippen LogP contribution >= 0.6 is 11.3 Å². The number of nitrogens with zero attached hydrogens (tertiary/aromatic N) is 1. The molecule has 1 unspecified atom stereocenters. The zero-order valence-electron chi connectivity index (χ0n) is 14.6. The number of rotatable bonds is 7. The van der Waals surface area contributed by atoms with Crippen LogP contribution in [0.25, 0.3) is 0 Å². The zero-order valence-corrected chi connectivity index (χ0v) is 15.4. The lowest BCUT2D eigenvalue weighted by molar-refractivity contribution is 0.0983. The highest BCUT2D eigenvalue weighted by molar-refractivity contribution is 7.10. The quantitative estimate of drug-likeness (QED) is 0.751. The lowest BCUT2D eigenvalue weighted by atomic mass is 10.1. The van der Waals surface area contributed by atoms with Gasteiger partial charge in [0, 0.05) is 17.0 Å². The molecule has 0 radical (unpaired) electrons. The largest absolute Gasteiger partial charge is 0.308 e. The number of thiophene rings is 1. The molecule has 2 heterocycles. The molecule has 1 atom stereocenters. The molecule has 1 aromatic carbocycles. The molecule has 1 aliphatic rings. The van der Waals surface area contributed by atoms with Gasteiger partial charge in [-0.25, -0.2) is 4.39 Å². The van der Waals surface area contributed by atoms with Gasteiger partial charge in [-0.15, -0.1) is 11.3 Å². The van der Waals surface area contributed by atoms with Crippen molar-refractivity contribution in [2.75, 3.05) is 26.2 Å². The monoisotopic (exact) mass is 360 g/mol. The third-order valence-corrected chi connectivity index (χ3v) is 5.79. The van der Waals surface area contributed by atoms with Gasteiger partial charge in [-0.1, -0.05) is 24.6 Å². The normalized spacial score (nSPS) is 16.7. The van der Waals surface area contributed by atoms with Gasteiger partial charge in [-0.2, -0.15) is 0 Å². The van der Waals surface area contributed by atoms with Gasteiger partial charge in [0.25, 0.3) is 0 Å². The van der Waals surface area contributed by atoms with E-state index >= 15 is 0 Å². The second kappa shape index (κ2) is 8.70. The molecule has 1 saturated heterocycles. The molecule has 0 aliphatic carbocycles. The number of nitrogens with one attached hydrogen (secondary N) is 1. The van der Waals surface area contributed by atoms with Crippen LogP contribution in [0, 0.1) is 12.7 Å². The van der Waals surface area contributed by atoms with E-state index in [0.29, 0.717) is 17.2 Å². The predicted molar refractivity (Wildman–Crippen MR) is 101 cm³/mol. The Balaban J connectivity index is 1.59. The summed E-state index contributed by atoms with van der Waals surface area (Å²) in [6, 6.07) is 9.25. The molecule has 1 fully saturated rings. The van der Waals surface area contributed by atoms with Gasteiger partial charge in [0.2, 0.25) is 0 Å². The van der Waals surface area contributed by atoms with E-state index in [1.54, 1.807) is 30.4 Å². The third kappa shape index (κ3) is 4.75. The van der Waals surface area contributed by atoms with Crippen LogP contribution in [-0.2, 0) is 0 Å². The van der Waals surface area contributed by atoms with Crippen LogP contribution in [0.4, 0.5) is 4.39 Å². The van der Waals surface area contributed by atoms with E-state index in [9.17, 15) is 9.18 Å². The summed E-state index contributed by atoms with van der Waals surface area (Å²) in [6.45, 7) is 4.90. The van der Waals surface area contributed by atoms with Crippen LogP contribution in [0.2, 0.25) is 0 Å². The van der Waals surface area contributed by atoms with Gasteiger partial charge in [0.05, 0.1) is 12.6 Å². The van der Waals surface area contributed by atoms with Crippen LogP contribution in [0.5, 0.6) is 0 Å². The fourth-order valence-corrected chi connectivity index (χ4v) is 4.17. The fraction of sp³-hybridized carbons (Fsp3) is 0.450. The number of aryl methyl sites for hydroxylation is 1. The first-order chi connectivity index (χ1) is 12.1. The molecule has 0 saturated carbocycles. The molecule has 25 heavy (non-hydrogen) atoms. The molecule has 3 rings (SSSR count). The van der Waals surface area contributed by atoms with Crippen molar-refractivity contribution < 1.29 is 9.18 Å². The minimum absolute atomic E-state index is 0.0672. The highest BCUT2D eigenvalue weighted by Crippen LogP contribution is 2.27. The van der Waals surface area contributed by atoms with E-state index in [0.717, 1.165) is 19.6 Å². The summed E-state index contributed by atoms with van der Waals surface area (Å²) in [5, 5.41) is 5.40. The number of hydrogen-bond acceptors (Lipinski definition) is 4. The van der Waals surface area contributed by atoms with Gasteiger partial charge in [-0.05, 0) is 55.9 Å². The smallest absolute Gasteiger partial charge is 0.176 e. The first-order valence-electron chi connectivity index (χ1n) is 8.92. The zero-order chi connectivity index (χ0) is 17.6. The summed E-state index contributed by atoms with van der Waals surface area (Å²) in [5.41, 5.74) is 0.994. The van der Waals surface area contributed by atoms with Crippen molar-refractivity contribution in [3.05, 3.63) is 57.5 Å². The maximum Gasteiger partial charge on any atom is 0.176 e. The second-order valence-corrected chi connectivity index (χ2v) is 7.63. The maximum atomic E-state index is 13.6. The Hall–Kier alpha value is -1.56.